The summed E-state index contributed by atoms with van der Waals surface area (Å²) in [6, 6.07) is 2.90. The first-order valence-electron chi connectivity index (χ1n) is 6.15. The Hall–Kier alpha value is -1.57. The van der Waals surface area contributed by atoms with Gasteiger partial charge in [0, 0.05) is 17.6 Å². The molecular formula is C13H12BrF3N2O2. The number of hydrogen-bond donors (Lipinski definition) is 1. The number of amides is 2. The fourth-order valence-electron chi connectivity index (χ4n) is 2.21. The average Bonchev–Trinajstić information content (AvgIpc) is 2.86. The maximum absolute atomic E-state index is 12.7. The van der Waals surface area contributed by atoms with E-state index < -0.39 is 29.5 Å². The molecule has 1 fully saturated rings. The number of nitrogens with two attached hydrogens (primary N) is 1. The maximum atomic E-state index is 12.7. The van der Waals surface area contributed by atoms with E-state index in [1.54, 1.807) is 0 Å². The minimum absolute atomic E-state index is 0.0741. The Morgan fingerprint density at radius 2 is 2.00 bits per heavy atom. The van der Waals surface area contributed by atoms with Crippen LogP contribution in [0.2, 0.25) is 0 Å². The first-order chi connectivity index (χ1) is 9.70. The van der Waals surface area contributed by atoms with E-state index in [9.17, 15) is 22.8 Å². The molecule has 0 spiro atoms. The van der Waals surface area contributed by atoms with Gasteiger partial charge in [0.2, 0.25) is 5.91 Å². The third-order valence-electron chi connectivity index (χ3n) is 3.40. The zero-order valence-electron chi connectivity index (χ0n) is 10.8. The van der Waals surface area contributed by atoms with Crippen LogP contribution in [0.25, 0.3) is 0 Å². The van der Waals surface area contributed by atoms with Crippen LogP contribution in [-0.4, -0.2) is 29.8 Å². The molecule has 0 saturated carbocycles. The lowest BCUT2D eigenvalue weighted by molar-refractivity contribution is -0.137. The summed E-state index contributed by atoms with van der Waals surface area (Å²) >= 11 is 3.08. The van der Waals surface area contributed by atoms with Crippen molar-refractivity contribution in [3.8, 4) is 0 Å². The summed E-state index contributed by atoms with van der Waals surface area (Å²) in [5, 5.41) is 0. The maximum Gasteiger partial charge on any atom is 0.416 e. The van der Waals surface area contributed by atoms with Gasteiger partial charge in [0.15, 0.2) is 0 Å². The molecule has 2 N–H and O–H groups in total. The molecular weight excluding hydrogens is 353 g/mol. The van der Waals surface area contributed by atoms with Gasteiger partial charge in [-0.2, -0.15) is 13.2 Å². The van der Waals surface area contributed by atoms with Crippen LogP contribution < -0.4 is 5.73 Å². The molecule has 1 aliphatic rings. The van der Waals surface area contributed by atoms with Gasteiger partial charge in [-0.3, -0.25) is 9.59 Å². The van der Waals surface area contributed by atoms with Crippen LogP contribution in [0, 0.1) is 5.92 Å². The lowest BCUT2D eigenvalue weighted by Gasteiger charge is -2.18. The standard InChI is InChI=1S/C13H12BrF3N2O2/c14-10-2-1-8(13(15,16)17)5-9(10)12(21)19-4-3-7(6-19)11(18)20/h1-2,5,7H,3-4,6H2,(H2,18,20). The molecule has 1 saturated heterocycles. The van der Waals surface area contributed by atoms with Crippen LogP contribution in [0.4, 0.5) is 13.2 Å². The van der Waals surface area contributed by atoms with Gasteiger partial charge in [-0.05, 0) is 40.5 Å². The molecule has 0 bridgehead atoms. The van der Waals surface area contributed by atoms with Crippen molar-refractivity contribution in [2.24, 2.45) is 11.7 Å². The summed E-state index contributed by atoms with van der Waals surface area (Å²) in [5.41, 5.74) is 4.21. The number of benzene rings is 1. The lowest BCUT2D eigenvalue weighted by Crippen LogP contribution is -2.32. The Kier molecular flexibility index (Phi) is 4.27. The normalized spacial score (nSPS) is 18.9. The van der Waals surface area contributed by atoms with Crippen molar-refractivity contribution in [3.63, 3.8) is 0 Å². The highest BCUT2D eigenvalue weighted by atomic mass is 79.9. The van der Waals surface area contributed by atoms with Crippen LogP contribution in [-0.2, 0) is 11.0 Å². The molecule has 1 unspecified atom stereocenters. The van der Waals surface area contributed by atoms with E-state index in [0.717, 1.165) is 12.1 Å². The second-order valence-electron chi connectivity index (χ2n) is 4.83. The quantitative estimate of drug-likeness (QED) is 0.875. The minimum Gasteiger partial charge on any atom is -0.369 e. The number of hydrogen-bond acceptors (Lipinski definition) is 2. The molecule has 2 amide bonds. The van der Waals surface area contributed by atoms with E-state index in [4.69, 9.17) is 5.73 Å². The van der Waals surface area contributed by atoms with E-state index in [1.165, 1.54) is 11.0 Å². The second-order valence-corrected chi connectivity index (χ2v) is 5.69. The van der Waals surface area contributed by atoms with Crippen LogP contribution in [0.15, 0.2) is 22.7 Å². The summed E-state index contributed by atoms with van der Waals surface area (Å²) < 4.78 is 38.4. The van der Waals surface area contributed by atoms with Gasteiger partial charge < -0.3 is 10.6 Å². The molecule has 0 radical (unpaired) electrons. The van der Waals surface area contributed by atoms with Gasteiger partial charge in [-0.15, -0.1) is 0 Å². The van der Waals surface area contributed by atoms with Crippen LogP contribution in [0.3, 0.4) is 0 Å². The van der Waals surface area contributed by atoms with Crippen molar-refractivity contribution in [2.75, 3.05) is 13.1 Å². The van der Waals surface area contributed by atoms with Crippen LogP contribution in [0.5, 0.6) is 0 Å². The van der Waals surface area contributed by atoms with Crippen molar-refractivity contribution in [2.45, 2.75) is 12.6 Å². The predicted molar refractivity (Wildman–Crippen MR) is 72.3 cm³/mol. The number of alkyl halides is 3. The molecule has 4 nitrogen and oxygen atoms in total. The van der Waals surface area contributed by atoms with E-state index in [-0.39, 0.29) is 16.6 Å². The highest BCUT2D eigenvalue weighted by molar-refractivity contribution is 9.10. The molecule has 1 aliphatic heterocycles. The van der Waals surface area contributed by atoms with Crippen molar-refractivity contribution in [3.05, 3.63) is 33.8 Å². The molecule has 1 atom stereocenters. The van der Waals surface area contributed by atoms with Crippen LogP contribution >= 0.6 is 15.9 Å². The Bertz CT molecular complexity index is 589. The molecule has 1 aromatic rings. The molecule has 1 aromatic carbocycles. The summed E-state index contributed by atoms with van der Waals surface area (Å²) in [4.78, 5) is 24.7. The zero-order chi connectivity index (χ0) is 15.8. The summed E-state index contributed by atoms with van der Waals surface area (Å²) in [7, 11) is 0. The molecule has 21 heavy (non-hydrogen) atoms. The number of halogens is 4. The molecule has 0 aliphatic carbocycles. The van der Waals surface area contributed by atoms with Gasteiger partial charge >= 0.3 is 6.18 Å². The van der Waals surface area contributed by atoms with Gasteiger partial charge in [0.25, 0.3) is 5.91 Å². The molecule has 114 valence electrons. The fourth-order valence-corrected chi connectivity index (χ4v) is 2.63. The third kappa shape index (κ3) is 3.37. The van der Waals surface area contributed by atoms with E-state index in [1.807, 2.05) is 0 Å². The summed E-state index contributed by atoms with van der Waals surface area (Å²) in [6.07, 6.45) is -4.09. The SMILES string of the molecule is NC(=O)C1CCN(C(=O)c2cc(C(F)(F)F)ccc2Br)C1. The molecule has 0 aromatic heterocycles. The topological polar surface area (TPSA) is 63.4 Å². The van der Waals surface area contributed by atoms with E-state index in [0.29, 0.717) is 13.0 Å². The highest BCUT2D eigenvalue weighted by Gasteiger charge is 2.34. The average molecular weight is 365 g/mol. The number of nitrogens with zero attached hydrogens (tertiary/aromatic N) is 1. The van der Waals surface area contributed by atoms with Gasteiger partial charge in [0.1, 0.15) is 0 Å². The molecule has 1 heterocycles. The largest absolute Gasteiger partial charge is 0.416 e. The fraction of sp³-hybridized carbons (Fsp3) is 0.385. The monoisotopic (exact) mass is 364 g/mol. The van der Waals surface area contributed by atoms with E-state index >= 15 is 0 Å². The number of carbonyl (C=O) groups is 2. The lowest BCUT2D eigenvalue weighted by atomic mass is 10.1. The highest BCUT2D eigenvalue weighted by Crippen LogP contribution is 2.32. The number of carbonyl (C=O) groups excluding carboxylic acids is 2. The third-order valence-corrected chi connectivity index (χ3v) is 4.09. The number of rotatable bonds is 2. The Balaban J connectivity index is 2.26. The summed E-state index contributed by atoms with van der Waals surface area (Å²) in [6.45, 7) is 0.436. The Labute approximate surface area is 127 Å². The minimum atomic E-state index is -4.52. The second kappa shape index (κ2) is 5.67. The first-order valence-corrected chi connectivity index (χ1v) is 6.95. The number of primary amides is 1. The van der Waals surface area contributed by atoms with Crippen molar-refractivity contribution >= 4 is 27.7 Å². The van der Waals surface area contributed by atoms with E-state index in [2.05, 4.69) is 15.9 Å². The zero-order valence-corrected chi connectivity index (χ0v) is 12.4. The van der Waals surface area contributed by atoms with Crippen molar-refractivity contribution in [1.29, 1.82) is 0 Å². The Morgan fingerprint density at radius 1 is 1.33 bits per heavy atom. The van der Waals surface area contributed by atoms with Gasteiger partial charge in [-0.25, -0.2) is 0 Å². The predicted octanol–water partition coefficient (Wildman–Crippen LogP) is 2.42. The molecule has 8 heteroatoms. The van der Waals surface area contributed by atoms with Crippen molar-refractivity contribution in [1.82, 2.24) is 4.90 Å². The van der Waals surface area contributed by atoms with Gasteiger partial charge in [0.05, 0.1) is 17.0 Å². The van der Waals surface area contributed by atoms with Crippen LogP contribution in [0.1, 0.15) is 22.3 Å². The van der Waals surface area contributed by atoms with Gasteiger partial charge in [-0.1, -0.05) is 0 Å². The molecule has 2 rings (SSSR count). The summed E-state index contributed by atoms with van der Waals surface area (Å²) in [5.74, 6) is -1.50. The Morgan fingerprint density at radius 3 is 2.52 bits per heavy atom. The van der Waals surface area contributed by atoms with Crippen molar-refractivity contribution < 1.29 is 22.8 Å². The number of likely N-dealkylation sites (tertiary alicyclic amines) is 1. The smallest absolute Gasteiger partial charge is 0.369 e. The first kappa shape index (κ1) is 15.8.